The number of benzene rings is 3. The summed E-state index contributed by atoms with van der Waals surface area (Å²) in [7, 11) is -3.88. The summed E-state index contributed by atoms with van der Waals surface area (Å²) >= 11 is 3.44. The van der Waals surface area contributed by atoms with E-state index in [1.807, 2.05) is 68.4 Å². The number of hydrogen-bond donors (Lipinski definition) is 1. The third kappa shape index (κ3) is 7.80. The molecule has 41 heavy (non-hydrogen) atoms. The van der Waals surface area contributed by atoms with E-state index in [1.165, 1.54) is 11.8 Å². The van der Waals surface area contributed by atoms with Crippen molar-refractivity contribution in [1.29, 1.82) is 0 Å². The van der Waals surface area contributed by atoms with Crippen molar-refractivity contribution in [3.8, 4) is 11.5 Å². The second kappa shape index (κ2) is 13.4. The molecule has 218 valence electrons. The van der Waals surface area contributed by atoms with Gasteiger partial charge in [0.2, 0.25) is 28.6 Å². The lowest BCUT2D eigenvalue weighted by molar-refractivity contribution is -0.140. The number of amides is 2. The van der Waals surface area contributed by atoms with E-state index in [1.54, 1.807) is 18.2 Å². The van der Waals surface area contributed by atoms with Crippen LogP contribution in [0.15, 0.2) is 77.3 Å². The maximum atomic E-state index is 14.2. The number of carbonyl (C=O) groups is 2. The first kappa shape index (κ1) is 30.4. The summed E-state index contributed by atoms with van der Waals surface area (Å²) < 4.78 is 39.4. The van der Waals surface area contributed by atoms with E-state index >= 15 is 0 Å². The Morgan fingerprint density at radius 2 is 1.63 bits per heavy atom. The van der Waals surface area contributed by atoms with E-state index in [0.29, 0.717) is 11.5 Å². The smallest absolute Gasteiger partial charge is 0.244 e. The van der Waals surface area contributed by atoms with Crippen molar-refractivity contribution in [3.63, 3.8) is 0 Å². The first-order valence-electron chi connectivity index (χ1n) is 13.4. The Hall–Kier alpha value is -3.57. The summed E-state index contributed by atoms with van der Waals surface area (Å²) in [4.78, 5) is 29.3. The predicted octanol–water partition coefficient (Wildman–Crippen LogP) is 4.50. The number of nitrogens with zero attached hydrogens (tertiary/aromatic N) is 2. The molecule has 1 heterocycles. The molecule has 0 unspecified atom stereocenters. The molecule has 0 spiro atoms. The van der Waals surface area contributed by atoms with Gasteiger partial charge in [-0.25, -0.2) is 8.42 Å². The summed E-state index contributed by atoms with van der Waals surface area (Å²) in [6, 6.07) is 20.6. The fraction of sp³-hybridized carbons (Fsp3) is 0.333. The number of nitrogens with one attached hydrogen (secondary N) is 1. The van der Waals surface area contributed by atoms with Crippen molar-refractivity contribution in [3.05, 3.63) is 88.4 Å². The number of sulfonamides is 1. The number of hydrogen-bond acceptors (Lipinski definition) is 6. The minimum Gasteiger partial charge on any atom is -0.454 e. The molecular formula is C30H34BrN3O6S. The van der Waals surface area contributed by atoms with Crippen molar-refractivity contribution < 1.29 is 27.5 Å². The van der Waals surface area contributed by atoms with Gasteiger partial charge in [0.25, 0.3) is 0 Å². The summed E-state index contributed by atoms with van der Waals surface area (Å²) in [6.07, 6.45) is 0.256. The molecule has 1 N–H and O–H groups in total. The van der Waals surface area contributed by atoms with E-state index in [0.717, 1.165) is 19.9 Å². The van der Waals surface area contributed by atoms with Gasteiger partial charge in [-0.2, -0.15) is 0 Å². The number of rotatable bonds is 12. The molecule has 9 nitrogen and oxygen atoms in total. The summed E-state index contributed by atoms with van der Waals surface area (Å²) in [5, 5.41) is 2.95. The largest absolute Gasteiger partial charge is 0.454 e. The molecule has 1 aliphatic rings. The van der Waals surface area contributed by atoms with E-state index in [4.69, 9.17) is 9.47 Å². The number of halogens is 1. The first-order valence-corrected chi connectivity index (χ1v) is 15.8. The van der Waals surface area contributed by atoms with Crippen LogP contribution in [-0.4, -0.2) is 56.3 Å². The zero-order chi connectivity index (χ0) is 29.6. The highest BCUT2D eigenvalue weighted by Gasteiger charge is 2.34. The minimum atomic E-state index is -3.88. The lowest BCUT2D eigenvalue weighted by Gasteiger charge is -2.34. The first-order chi connectivity index (χ1) is 19.6. The SMILES string of the molecule is CCS(=O)(=O)N(CC(=O)N(Cc1ccc(Br)cc1)[C@@H](Cc1ccccc1)C(=O)NC(C)C)c1ccc2c(c1)OCO2. The van der Waals surface area contributed by atoms with Crippen LogP contribution in [0.4, 0.5) is 5.69 Å². The van der Waals surface area contributed by atoms with Gasteiger partial charge in [-0.05, 0) is 56.2 Å². The molecule has 3 aromatic rings. The maximum absolute atomic E-state index is 14.2. The predicted molar refractivity (Wildman–Crippen MR) is 161 cm³/mol. The van der Waals surface area contributed by atoms with Crippen LogP contribution in [0.3, 0.4) is 0 Å². The van der Waals surface area contributed by atoms with Crippen molar-refractivity contribution in [1.82, 2.24) is 10.2 Å². The Balaban J connectivity index is 1.74. The number of anilines is 1. The molecule has 11 heteroatoms. The number of carbonyl (C=O) groups excluding carboxylic acids is 2. The van der Waals surface area contributed by atoms with Crippen LogP contribution in [-0.2, 0) is 32.6 Å². The molecule has 0 fully saturated rings. The molecule has 0 saturated carbocycles. The monoisotopic (exact) mass is 643 g/mol. The Labute approximate surface area is 249 Å². The van der Waals surface area contributed by atoms with Gasteiger partial charge in [-0.15, -0.1) is 0 Å². The molecule has 0 aliphatic carbocycles. The van der Waals surface area contributed by atoms with Crippen molar-refractivity contribution in [2.24, 2.45) is 0 Å². The third-order valence-electron chi connectivity index (χ3n) is 6.59. The molecule has 4 rings (SSSR count). The highest BCUT2D eigenvalue weighted by Crippen LogP contribution is 2.36. The minimum absolute atomic E-state index is 0.0331. The molecule has 1 atom stereocenters. The van der Waals surface area contributed by atoms with Gasteiger partial charge in [-0.3, -0.25) is 13.9 Å². The average molecular weight is 645 g/mol. The molecule has 0 radical (unpaired) electrons. The topological polar surface area (TPSA) is 105 Å². The molecule has 2 amide bonds. The molecular weight excluding hydrogens is 610 g/mol. The van der Waals surface area contributed by atoms with E-state index in [9.17, 15) is 18.0 Å². The van der Waals surface area contributed by atoms with Crippen LogP contribution in [0.1, 0.15) is 31.9 Å². The Bertz CT molecular complexity index is 1470. The van der Waals surface area contributed by atoms with Crippen LogP contribution >= 0.6 is 15.9 Å². The second-order valence-electron chi connectivity index (χ2n) is 9.96. The summed E-state index contributed by atoms with van der Waals surface area (Å²) in [6.45, 7) is 4.88. The van der Waals surface area contributed by atoms with Crippen LogP contribution in [0.5, 0.6) is 11.5 Å². The van der Waals surface area contributed by atoms with Crippen molar-refractivity contribution in [2.75, 3.05) is 23.4 Å². The van der Waals surface area contributed by atoms with Crippen molar-refractivity contribution >= 4 is 43.5 Å². The van der Waals surface area contributed by atoms with Crippen LogP contribution in [0.2, 0.25) is 0 Å². The quantitative estimate of drug-likeness (QED) is 0.312. The van der Waals surface area contributed by atoms with Gasteiger partial charge in [0.15, 0.2) is 11.5 Å². The highest BCUT2D eigenvalue weighted by molar-refractivity contribution is 9.10. The Morgan fingerprint density at radius 3 is 2.29 bits per heavy atom. The van der Waals surface area contributed by atoms with Gasteiger partial charge in [0.1, 0.15) is 12.6 Å². The van der Waals surface area contributed by atoms with E-state index in [-0.39, 0.29) is 43.1 Å². The Kier molecular flexibility index (Phi) is 9.93. The van der Waals surface area contributed by atoms with E-state index < -0.39 is 28.5 Å². The molecule has 3 aromatic carbocycles. The zero-order valence-electron chi connectivity index (χ0n) is 23.2. The zero-order valence-corrected chi connectivity index (χ0v) is 25.7. The number of fused-ring (bicyclic) bond motifs is 1. The normalized spacial score (nSPS) is 13.1. The van der Waals surface area contributed by atoms with Gasteiger partial charge >= 0.3 is 0 Å². The Morgan fingerprint density at radius 1 is 0.951 bits per heavy atom. The fourth-order valence-corrected chi connectivity index (χ4v) is 5.80. The standard InChI is InChI=1S/C30H34BrN3O6S/c1-4-41(37,38)34(25-14-15-27-28(17-25)40-20-39-27)19-29(35)33(18-23-10-12-24(31)13-11-23)26(30(36)32-21(2)3)16-22-8-6-5-7-9-22/h5-15,17,21,26H,4,16,18-20H2,1-3H3,(H,32,36)/t26-/m0/s1. The van der Waals surface area contributed by atoms with Crippen molar-refractivity contribution in [2.45, 2.75) is 45.8 Å². The maximum Gasteiger partial charge on any atom is 0.244 e. The lowest BCUT2D eigenvalue weighted by Crippen LogP contribution is -2.54. The third-order valence-corrected chi connectivity index (χ3v) is 8.86. The molecule has 1 aliphatic heterocycles. The van der Waals surface area contributed by atoms with Gasteiger partial charge in [0, 0.05) is 29.5 Å². The van der Waals surface area contributed by atoms with Gasteiger partial charge < -0.3 is 19.7 Å². The second-order valence-corrected chi connectivity index (χ2v) is 13.1. The van der Waals surface area contributed by atoms with E-state index in [2.05, 4.69) is 21.2 Å². The van der Waals surface area contributed by atoms with Gasteiger partial charge in [-0.1, -0.05) is 58.4 Å². The lowest BCUT2D eigenvalue weighted by atomic mass is 10.0. The van der Waals surface area contributed by atoms with Gasteiger partial charge in [0.05, 0.1) is 11.4 Å². The molecule has 0 saturated heterocycles. The van der Waals surface area contributed by atoms with Crippen LogP contribution in [0.25, 0.3) is 0 Å². The summed E-state index contributed by atoms with van der Waals surface area (Å²) in [5.41, 5.74) is 1.95. The fourth-order valence-electron chi connectivity index (χ4n) is 4.48. The van der Waals surface area contributed by atoms with Crippen LogP contribution < -0.4 is 19.1 Å². The highest BCUT2D eigenvalue weighted by atomic mass is 79.9. The molecule has 0 aromatic heterocycles. The average Bonchev–Trinajstić information content (AvgIpc) is 3.42. The molecule has 0 bridgehead atoms. The number of ether oxygens (including phenoxy) is 2. The van der Waals surface area contributed by atoms with Crippen LogP contribution in [0, 0.1) is 0 Å². The summed E-state index contributed by atoms with van der Waals surface area (Å²) in [5.74, 6) is -0.150.